The molecule has 2 aliphatic rings. The molecule has 86 valence electrons. The summed E-state index contributed by atoms with van der Waals surface area (Å²) < 4.78 is 0. The molecule has 0 aromatic rings. The minimum absolute atomic E-state index is 0.841. The number of allylic oxidation sites excluding steroid dienone is 2. The minimum Gasteiger partial charge on any atom is -0.314 e. The lowest BCUT2D eigenvalue weighted by Gasteiger charge is -2.35. The molecule has 0 radical (unpaired) electrons. The summed E-state index contributed by atoms with van der Waals surface area (Å²) in [7, 11) is 0. The Hall–Kier alpha value is -0.300. The standard InChI is InChI=1S/C14H25N/c1-3-4-12-5-6-13(12)7-8-15-14-9-11(2)10-14/h5-6,11-15H,3-4,7-10H2,1-2H3. The molecule has 0 bridgehead atoms. The third kappa shape index (κ3) is 2.84. The smallest absolute Gasteiger partial charge is 0.00721 e. The predicted molar refractivity (Wildman–Crippen MR) is 65.8 cm³/mol. The van der Waals surface area contributed by atoms with E-state index in [1.165, 1.54) is 38.6 Å². The second kappa shape index (κ2) is 5.16. The molecule has 0 saturated heterocycles. The van der Waals surface area contributed by atoms with Crippen molar-refractivity contribution in [1.29, 1.82) is 0 Å². The maximum Gasteiger partial charge on any atom is 0.00721 e. The Labute approximate surface area is 94.3 Å². The summed E-state index contributed by atoms with van der Waals surface area (Å²) >= 11 is 0. The quantitative estimate of drug-likeness (QED) is 0.658. The number of hydrogen-bond acceptors (Lipinski definition) is 1. The molecule has 1 saturated carbocycles. The van der Waals surface area contributed by atoms with Crippen LogP contribution >= 0.6 is 0 Å². The fraction of sp³-hybridized carbons (Fsp3) is 0.857. The van der Waals surface area contributed by atoms with Crippen molar-refractivity contribution in [3.05, 3.63) is 12.2 Å². The average Bonchev–Trinajstić information content (AvgIpc) is 2.16. The van der Waals surface area contributed by atoms with Gasteiger partial charge in [-0.2, -0.15) is 0 Å². The fourth-order valence-corrected chi connectivity index (χ4v) is 2.90. The summed E-state index contributed by atoms with van der Waals surface area (Å²) in [5, 5.41) is 3.68. The van der Waals surface area contributed by atoms with Gasteiger partial charge in [0.2, 0.25) is 0 Å². The first-order valence-corrected chi connectivity index (χ1v) is 6.71. The minimum atomic E-state index is 0.841. The van der Waals surface area contributed by atoms with E-state index in [1.54, 1.807) is 0 Å². The van der Waals surface area contributed by atoms with Crippen molar-refractivity contribution >= 4 is 0 Å². The van der Waals surface area contributed by atoms with Gasteiger partial charge < -0.3 is 5.32 Å². The van der Waals surface area contributed by atoms with Gasteiger partial charge in [0, 0.05) is 6.04 Å². The highest BCUT2D eigenvalue weighted by Crippen LogP contribution is 2.32. The molecule has 1 heteroatoms. The van der Waals surface area contributed by atoms with Gasteiger partial charge in [0.05, 0.1) is 0 Å². The Bertz CT molecular complexity index is 215. The van der Waals surface area contributed by atoms with E-state index in [0.29, 0.717) is 0 Å². The van der Waals surface area contributed by atoms with Crippen molar-refractivity contribution in [2.24, 2.45) is 17.8 Å². The molecule has 2 rings (SSSR count). The molecule has 1 N–H and O–H groups in total. The maximum absolute atomic E-state index is 3.68. The maximum atomic E-state index is 3.68. The van der Waals surface area contributed by atoms with Gasteiger partial charge in [-0.1, -0.05) is 32.4 Å². The van der Waals surface area contributed by atoms with Gasteiger partial charge in [-0.25, -0.2) is 0 Å². The van der Waals surface area contributed by atoms with E-state index in [0.717, 1.165) is 23.8 Å². The largest absolute Gasteiger partial charge is 0.314 e. The summed E-state index contributed by atoms with van der Waals surface area (Å²) in [4.78, 5) is 0. The molecule has 2 atom stereocenters. The Morgan fingerprint density at radius 3 is 2.33 bits per heavy atom. The van der Waals surface area contributed by atoms with Gasteiger partial charge in [0.1, 0.15) is 0 Å². The van der Waals surface area contributed by atoms with Gasteiger partial charge in [0.15, 0.2) is 0 Å². The average molecular weight is 207 g/mol. The van der Waals surface area contributed by atoms with Gasteiger partial charge in [-0.15, -0.1) is 0 Å². The molecule has 0 spiro atoms. The highest BCUT2D eigenvalue weighted by Gasteiger charge is 2.26. The van der Waals surface area contributed by atoms with Crippen LogP contribution in [0.2, 0.25) is 0 Å². The van der Waals surface area contributed by atoms with Crippen molar-refractivity contribution < 1.29 is 0 Å². The molecule has 15 heavy (non-hydrogen) atoms. The second-order valence-electron chi connectivity index (χ2n) is 5.52. The summed E-state index contributed by atoms with van der Waals surface area (Å²) in [6.45, 7) is 5.87. The second-order valence-corrected chi connectivity index (χ2v) is 5.52. The Balaban J connectivity index is 1.53. The lowest BCUT2D eigenvalue weighted by Crippen LogP contribution is -2.41. The molecule has 0 aromatic carbocycles. The lowest BCUT2D eigenvalue weighted by atomic mass is 9.77. The first-order chi connectivity index (χ1) is 7.29. The van der Waals surface area contributed by atoms with E-state index in [-0.39, 0.29) is 0 Å². The van der Waals surface area contributed by atoms with E-state index in [2.05, 4.69) is 31.3 Å². The third-order valence-corrected chi connectivity index (χ3v) is 4.06. The fourth-order valence-electron chi connectivity index (χ4n) is 2.90. The van der Waals surface area contributed by atoms with E-state index in [4.69, 9.17) is 0 Å². The van der Waals surface area contributed by atoms with E-state index < -0.39 is 0 Å². The van der Waals surface area contributed by atoms with Crippen molar-refractivity contribution in [3.63, 3.8) is 0 Å². The normalized spacial score (nSPS) is 38.5. The lowest BCUT2D eigenvalue weighted by molar-refractivity contribution is 0.234. The number of nitrogens with one attached hydrogen (secondary N) is 1. The summed E-state index contributed by atoms with van der Waals surface area (Å²) in [6, 6.07) is 0.841. The highest BCUT2D eigenvalue weighted by atomic mass is 14.9. The van der Waals surface area contributed by atoms with Crippen LogP contribution in [0.4, 0.5) is 0 Å². The van der Waals surface area contributed by atoms with Crippen molar-refractivity contribution in [2.45, 2.75) is 52.0 Å². The monoisotopic (exact) mass is 207 g/mol. The Morgan fingerprint density at radius 1 is 1.13 bits per heavy atom. The van der Waals surface area contributed by atoms with E-state index in [9.17, 15) is 0 Å². The molecule has 1 nitrogen and oxygen atoms in total. The third-order valence-electron chi connectivity index (χ3n) is 4.06. The molecule has 0 amide bonds. The zero-order valence-electron chi connectivity index (χ0n) is 10.2. The summed E-state index contributed by atoms with van der Waals surface area (Å²) in [5.74, 6) is 2.76. The van der Waals surface area contributed by atoms with Crippen LogP contribution in [0.5, 0.6) is 0 Å². The van der Waals surface area contributed by atoms with Crippen LogP contribution in [-0.4, -0.2) is 12.6 Å². The topological polar surface area (TPSA) is 12.0 Å². The molecule has 0 aliphatic heterocycles. The van der Waals surface area contributed by atoms with Gasteiger partial charge in [-0.3, -0.25) is 0 Å². The highest BCUT2D eigenvalue weighted by molar-refractivity contribution is 5.08. The van der Waals surface area contributed by atoms with Gasteiger partial charge in [-0.05, 0) is 50.0 Å². The van der Waals surface area contributed by atoms with Crippen LogP contribution in [0.3, 0.4) is 0 Å². The van der Waals surface area contributed by atoms with Crippen LogP contribution in [0.25, 0.3) is 0 Å². The summed E-state index contributed by atoms with van der Waals surface area (Å²) in [5.41, 5.74) is 0. The van der Waals surface area contributed by atoms with Crippen LogP contribution in [0.1, 0.15) is 46.0 Å². The summed E-state index contributed by atoms with van der Waals surface area (Å²) in [6.07, 6.45) is 11.7. The van der Waals surface area contributed by atoms with Crippen LogP contribution in [-0.2, 0) is 0 Å². The molecule has 2 unspecified atom stereocenters. The van der Waals surface area contributed by atoms with E-state index >= 15 is 0 Å². The Kier molecular flexibility index (Phi) is 3.85. The van der Waals surface area contributed by atoms with Crippen molar-refractivity contribution in [2.75, 3.05) is 6.54 Å². The first-order valence-electron chi connectivity index (χ1n) is 6.71. The molecule has 1 fully saturated rings. The van der Waals surface area contributed by atoms with Gasteiger partial charge >= 0.3 is 0 Å². The molecular weight excluding hydrogens is 182 g/mol. The molecule has 2 aliphatic carbocycles. The SMILES string of the molecule is CCCC1C=CC1CCNC1CC(C)C1. The van der Waals surface area contributed by atoms with Crippen molar-refractivity contribution in [3.8, 4) is 0 Å². The number of hydrogen-bond donors (Lipinski definition) is 1. The van der Waals surface area contributed by atoms with Gasteiger partial charge in [0.25, 0.3) is 0 Å². The zero-order chi connectivity index (χ0) is 10.7. The first kappa shape index (κ1) is 11.2. The zero-order valence-corrected chi connectivity index (χ0v) is 10.2. The van der Waals surface area contributed by atoms with Crippen LogP contribution in [0, 0.1) is 17.8 Å². The van der Waals surface area contributed by atoms with Crippen LogP contribution in [0.15, 0.2) is 12.2 Å². The number of rotatable bonds is 6. The van der Waals surface area contributed by atoms with Crippen LogP contribution < -0.4 is 5.32 Å². The van der Waals surface area contributed by atoms with Crippen molar-refractivity contribution in [1.82, 2.24) is 5.32 Å². The molecule has 0 heterocycles. The Morgan fingerprint density at radius 2 is 1.80 bits per heavy atom. The predicted octanol–water partition coefficient (Wildman–Crippen LogP) is 3.37. The molecule has 0 aromatic heterocycles. The van der Waals surface area contributed by atoms with E-state index in [1.807, 2.05) is 0 Å². The molecular formula is C14H25N.